The van der Waals surface area contributed by atoms with Gasteiger partial charge in [0.15, 0.2) is 0 Å². The molecule has 0 amide bonds. The Morgan fingerprint density at radius 3 is 2.52 bits per heavy atom. The number of thioether (sulfide) groups is 2. The van der Waals surface area contributed by atoms with Gasteiger partial charge in [-0.25, -0.2) is 0 Å². The Kier molecular flexibility index (Phi) is 8.64. The van der Waals surface area contributed by atoms with E-state index in [1.807, 2.05) is 17.7 Å². The molecule has 1 heterocycles. The number of oxime groups is 1. The topological polar surface area (TPSA) is 123 Å². The van der Waals surface area contributed by atoms with Gasteiger partial charge in [0.25, 0.3) is 0 Å². The van der Waals surface area contributed by atoms with Crippen LogP contribution in [0.4, 0.5) is 0 Å². The number of ether oxygens (including phenoxy) is 1. The molecule has 0 saturated carbocycles. The molecular formula is C12H21NO6S2. The van der Waals surface area contributed by atoms with Crippen molar-refractivity contribution in [3.63, 3.8) is 0 Å². The zero-order chi connectivity index (χ0) is 15.8. The highest BCUT2D eigenvalue weighted by molar-refractivity contribution is 8.14. The average Bonchev–Trinajstić information content (AvgIpc) is 2.50. The molecule has 9 heteroatoms. The molecule has 1 fully saturated rings. The van der Waals surface area contributed by atoms with E-state index in [1.165, 1.54) is 0 Å². The van der Waals surface area contributed by atoms with Gasteiger partial charge in [0, 0.05) is 6.42 Å². The van der Waals surface area contributed by atoms with Crippen molar-refractivity contribution >= 4 is 28.6 Å². The summed E-state index contributed by atoms with van der Waals surface area (Å²) in [4.78, 5) is 0. The molecule has 0 aliphatic carbocycles. The van der Waals surface area contributed by atoms with E-state index < -0.39 is 36.5 Å². The molecule has 1 rings (SSSR count). The van der Waals surface area contributed by atoms with Gasteiger partial charge in [0.2, 0.25) is 0 Å². The third-order valence-corrected chi connectivity index (χ3v) is 4.61. The average molecular weight is 339 g/mol. The van der Waals surface area contributed by atoms with Crippen LogP contribution < -0.4 is 0 Å². The molecule has 1 aliphatic rings. The summed E-state index contributed by atoms with van der Waals surface area (Å²) >= 11 is 2.52. The monoisotopic (exact) mass is 339 g/mol. The number of aliphatic hydroxyl groups excluding tert-OH is 4. The molecule has 0 bridgehead atoms. The molecule has 122 valence electrons. The lowest BCUT2D eigenvalue weighted by Crippen LogP contribution is -2.57. The van der Waals surface area contributed by atoms with Crippen LogP contribution in [0.1, 0.15) is 12.8 Å². The van der Waals surface area contributed by atoms with Crippen molar-refractivity contribution in [2.45, 2.75) is 42.7 Å². The molecule has 0 spiro atoms. The van der Waals surface area contributed by atoms with Crippen molar-refractivity contribution in [1.82, 2.24) is 0 Å². The zero-order valence-corrected chi connectivity index (χ0v) is 13.2. The largest absolute Gasteiger partial charge is 0.410 e. The molecule has 21 heavy (non-hydrogen) atoms. The van der Waals surface area contributed by atoms with E-state index in [2.05, 4.69) is 5.16 Å². The molecule has 5 atom stereocenters. The predicted octanol–water partition coefficient (Wildman–Crippen LogP) is -0.0359. The second-order valence-electron chi connectivity index (χ2n) is 4.46. The van der Waals surface area contributed by atoms with Crippen LogP contribution in [0.15, 0.2) is 16.6 Å². The van der Waals surface area contributed by atoms with E-state index in [4.69, 9.17) is 15.1 Å². The fourth-order valence-corrected chi connectivity index (χ4v) is 3.18. The highest BCUT2D eigenvalue weighted by atomic mass is 32.2. The minimum atomic E-state index is -1.43. The Bertz CT molecular complexity index is 366. The van der Waals surface area contributed by atoms with Gasteiger partial charge in [-0.2, -0.15) is 0 Å². The van der Waals surface area contributed by atoms with Crippen molar-refractivity contribution in [1.29, 1.82) is 0 Å². The summed E-state index contributed by atoms with van der Waals surface area (Å²) in [5.41, 5.74) is -0.920. The molecule has 0 aromatic heterocycles. The minimum absolute atomic E-state index is 0.338. The van der Waals surface area contributed by atoms with Crippen LogP contribution in [0.25, 0.3) is 0 Å². The first-order chi connectivity index (χ1) is 10.0. The first kappa shape index (κ1) is 18.8. The van der Waals surface area contributed by atoms with Gasteiger partial charge in [-0.15, -0.1) is 11.8 Å². The first-order valence-electron chi connectivity index (χ1n) is 6.41. The maximum Gasteiger partial charge on any atom is 0.138 e. The van der Waals surface area contributed by atoms with Crippen LogP contribution in [0, 0.1) is 0 Å². The summed E-state index contributed by atoms with van der Waals surface area (Å²) in [7, 11) is 0. The minimum Gasteiger partial charge on any atom is -0.410 e. The second-order valence-corrected chi connectivity index (χ2v) is 6.37. The number of nitrogens with zero attached hydrogens (tertiary/aromatic N) is 1. The molecule has 0 aromatic carbocycles. The fraction of sp³-hybridized carbons (Fsp3) is 0.750. The van der Waals surface area contributed by atoms with Gasteiger partial charge in [-0.05, 0) is 18.1 Å². The standard InChI is InChI=1S/C12H21NO6S2/c1-20-5-3-2-4-8(13-18)21-12-11(17)10(16)9(15)7(6-14)19-12/h3,5,7,9-12,14-18H,2,4,6H2,1H3/b5-3+,13-8+/t7-,9-,10+,11-,12+/m1/s1. The Balaban J connectivity index is 2.60. The van der Waals surface area contributed by atoms with Gasteiger partial charge in [-0.3, -0.25) is 0 Å². The number of allylic oxidation sites excluding steroid dienone is 1. The molecule has 1 saturated heterocycles. The van der Waals surface area contributed by atoms with E-state index in [0.717, 1.165) is 11.8 Å². The third kappa shape index (κ3) is 5.44. The van der Waals surface area contributed by atoms with Gasteiger partial charge in [0.1, 0.15) is 34.9 Å². The van der Waals surface area contributed by atoms with Crippen molar-refractivity contribution in [2.75, 3.05) is 12.9 Å². The lowest BCUT2D eigenvalue weighted by Gasteiger charge is -2.39. The summed E-state index contributed by atoms with van der Waals surface area (Å²) < 4.78 is 5.33. The Morgan fingerprint density at radius 1 is 1.24 bits per heavy atom. The summed E-state index contributed by atoms with van der Waals surface area (Å²) in [6.07, 6.45) is -0.156. The molecule has 1 aliphatic heterocycles. The van der Waals surface area contributed by atoms with E-state index in [0.29, 0.717) is 17.9 Å². The van der Waals surface area contributed by atoms with Crippen molar-refractivity contribution in [3.8, 4) is 0 Å². The second kappa shape index (κ2) is 9.67. The normalized spacial score (nSPS) is 34.5. The quantitative estimate of drug-likeness (QED) is 0.198. The number of hydrogen-bond acceptors (Lipinski definition) is 9. The smallest absolute Gasteiger partial charge is 0.138 e. The molecular weight excluding hydrogens is 318 g/mol. The van der Waals surface area contributed by atoms with Crippen molar-refractivity contribution < 1.29 is 30.4 Å². The molecule has 5 N–H and O–H groups in total. The number of rotatable bonds is 6. The maximum atomic E-state index is 9.88. The summed E-state index contributed by atoms with van der Waals surface area (Å²) in [5, 5.41) is 52.7. The number of hydrogen-bond donors (Lipinski definition) is 5. The van der Waals surface area contributed by atoms with Gasteiger partial charge >= 0.3 is 0 Å². The highest BCUT2D eigenvalue weighted by Gasteiger charge is 2.44. The van der Waals surface area contributed by atoms with Crippen LogP contribution in [-0.2, 0) is 4.74 Å². The molecule has 7 nitrogen and oxygen atoms in total. The SMILES string of the molecule is CS/C=C/CC/C(=N\O)S[C@@H]1O[C@H](CO)[C@@H](O)[C@H](O)[C@H]1O. The lowest BCUT2D eigenvalue weighted by atomic mass is 10.0. The number of aliphatic hydroxyl groups is 4. The molecule has 0 aromatic rings. The van der Waals surface area contributed by atoms with E-state index in [-0.39, 0.29) is 0 Å². The fourth-order valence-electron chi connectivity index (χ4n) is 1.80. The van der Waals surface area contributed by atoms with Gasteiger partial charge in [0.05, 0.1) is 6.61 Å². The Morgan fingerprint density at radius 2 is 1.95 bits per heavy atom. The van der Waals surface area contributed by atoms with Crippen molar-refractivity contribution in [2.24, 2.45) is 5.16 Å². The van der Waals surface area contributed by atoms with E-state index >= 15 is 0 Å². The van der Waals surface area contributed by atoms with Crippen LogP contribution in [0.5, 0.6) is 0 Å². The Labute approximate surface area is 131 Å². The summed E-state index contributed by atoms with van der Waals surface area (Å²) in [6.45, 7) is -0.482. The highest BCUT2D eigenvalue weighted by Crippen LogP contribution is 2.30. The van der Waals surface area contributed by atoms with E-state index in [9.17, 15) is 15.3 Å². The van der Waals surface area contributed by atoms with Gasteiger partial charge in [-0.1, -0.05) is 23.0 Å². The summed E-state index contributed by atoms with van der Waals surface area (Å²) in [5.74, 6) is 0. The van der Waals surface area contributed by atoms with Gasteiger partial charge < -0.3 is 30.4 Å². The van der Waals surface area contributed by atoms with Crippen LogP contribution in [0.3, 0.4) is 0 Å². The van der Waals surface area contributed by atoms with Crippen LogP contribution in [0.2, 0.25) is 0 Å². The third-order valence-electron chi connectivity index (χ3n) is 2.97. The van der Waals surface area contributed by atoms with E-state index in [1.54, 1.807) is 11.8 Å². The lowest BCUT2D eigenvalue weighted by molar-refractivity contribution is -0.205. The molecule has 0 radical (unpaired) electrons. The predicted molar refractivity (Wildman–Crippen MR) is 82.5 cm³/mol. The molecule has 0 unspecified atom stereocenters. The van der Waals surface area contributed by atoms with Crippen molar-refractivity contribution in [3.05, 3.63) is 11.5 Å². The zero-order valence-electron chi connectivity index (χ0n) is 11.6. The van der Waals surface area contributed by atoms with Crippen LogP contribution >= 0.6 is 23.5 Å². The van der Waals surface area contributed by atoms with Crippen LogP contribution in [-0.4, -0.2) is 73.4 Å². The Hall–Kier alpha value is -0.290. The maximum absolute atomic E-state index is 9.88. The first-order valence-corrected chi connectivity index (χ1v) is 8.57. The summed E-state index contributed by atoms with van der Waals surface area (Å²) in [6, 6.07) is 0.